The Morgan fingerprint density at radius 2 is 1.92 bits per heavy atom. The summed E-state index contributed by atoms with van der Waals surface area (Å²) in [4.78, 5) is 0. The molecule has 1 heterocycles. The second kappa shape index (κ2) is 8.58. The molecule has 2 heteroatoms. The van der Waals surface area contributed by atoms with Gasteiger partial charge in [-0.3, -0.25) is 0 Å². The molecule has 0 amide bonds. The summed E-state index contributed by atoms with van der Waals surface area (Å²) in [6.45, 7) is 4.65. The lowest BCUT2D eigenvalue weighted by Gasteiger charge is -2.14. The fraction of sp³-hybridized carbons (Fsp3) is 0.818. The summed E-state index contributed by atoms with van der Waals surface area (Å²) in [5, 5.41) is 3.38. The van der Waals surface area contributed by atoms with Crippen molar-refractivity contribution in [2.45, 2.75) is 45.4 Å². The summed E-state index contributed by atoms with van der Waals surface area (Å²) in [6, 6.07) is 0. The van der Waals surface area contributed by atoms with E-state index in [0.29, 0.717) is 0 Å². The molecule has 0 aliphatic carbocycles. The maximum atomic E-state index is 3.38. The van der Waals surface area contributed by atoms with Gasteiger partial charge in [0.05, 0.1) is 0 Å². The molecule has 1 rings (SSSR count). The second-order valence-corrected chi connectivity index (χ2v) is 3.61. The van der Waals surface area contributed by atoms with E-state index in [2.05, 4.69) is 18.3 Å². The molecule has 1 aliphatic rings. The summed E-state index contributed by atoms with van der Waals surface area (Å²) in [5.41, 5.74) is 1.69. The minimum Gasteiger partial charge on any atom is -0.316 e. The van der Waals surface area contributed by atoms with Crippen LogP contribution in [-0.4, -0.2) is 13.1 Å². The van der Waals surface area contributed by atoms with Crippen LogP contribution in [0, 0.1) is 0 Å². The molecule has 0 atom stereocenters. The summed E-state index contributed by atoms with van der Waals surface area (Å²) in [5.74, 6) is 0. The lowest BCUT2D eigenvalue weighted by molar-refractivity contribution is 0.604. The van der Waals surface area contributed by atoms with Gasteiger partial charge in [-0.05, 0) is 38.8 Å². The molecule has 1 nitrogen and oxygen atoms in total. The van der Waals surface area contributed by atoms with E-state index in [1.165, 1.54) is 51.6 Å². The number of hydrogen-bond acceptors (Lipinski definition) is 1. The number of rotatable bonds is 4. The van der Waals surface area contributed by atoms with Gasteiger partial charge < -0.3 is 5.32 Å². The Morgan fingerprint density at radius 1 is 1.23 bits per heavy atom. The largest absolute Gasteiger partial charge is 0.316 e. The standard InChI is InChI=1S/C11H21N.ClH/c1-2-3-4-5-6-11-7-9-12-10-8-11;/h6,12H,2-5,7-10H2,1H3;1H. The van der Waals surface area contributed by atoms with Crippen molar-refractivity contribution in [2.75, 3.05) is 13.1 Å². The van der Waals surface area contributed by atoms with Crippen LogP contribution in [-0.2, 0) is 0 Å². The van der Waals surface area contributed by atoms with Gasteiger partial charge in [0.15, 0.2) is 0 Å². The molecule has 0 radical (unpaired) electrons. The number of nitrogens with one attached hydrogen (secondary N) is 1. The van der Waals surface area contributed by atoms with Gasteiger partial charge in [0, 0.05) is 0 Å². The van der Waals surface area contributed by atoms with Gasteiger partial charge >= 0.3 is 0 Å². The van der Waals surface area contributed by atoms with Crippen molar-refractivity contribution in [1.29, 1.82) is 0 Å². The minimum atomic E-state index is 0. The van der Waals surface area contributed by atoms with Crippen molar-refractivity contribution in [3.05, 3.63) is 11.6 Å². The normalized spacial score (nSPS) is 16.5. The predicted octanol–water partition coefficient (Wildman–Crippen LogP) is 3.30. The van der Waals surface area contributed by atoms with E-state index in [-0.39, 0.29) is 12.4 Å². The summed E-state index contributed by atoms with van der Waals surface area (Å²) >= 11 is 0. The first-order chi connectivity index (χ1) is 5.93. The Balaban J connectivity index is 0.00000144. The Kier molecular flexibility index (Phi) is 8.58. The van der Waals surface area contributed by atoms with Gasteiger partial charge in [0.1, 0.15) is 0 Å². The van der Waals surface area contributed by atoms with Crippen molar-refractivity contribution in [1.82, 2.24) is 5.32 Å². The predicted molar refractivity (Wildman–Crippen MR) is 61.6 cm³/mol. The zero-order valence-corrected chi connectivity index (χ0v) is 9.46. The molecule has 1 N–H and O–H groups in total. The van der Waals surface area contributed by atoms with Crippen molar-refractivity contribution < 1.29 is 0 Å². The third kappa shape index (κ3) is 6.11. The first-order valence-corrected chi connectivity index (χ1v) is 5.32. The van der Waals surface area contributed by atoms with E-state index in [9.17, 15) is 0 Å². The lowest BCUT2D eigenvalue weighted by atomic mass is 10.0. The highest BCUT2D eigenvalue weighted by atomic mass is 35.5. The third-order valence-electron chi connectivity index (χ3n) is 2.49. The van der Waals surface area contributed by atoms with Crippen molar-refractivity contribution in [2.24, 2.45) is 0 Å². The van der Waals surface area contributed by atoms with E-state index in [0.717, 1.165) is 0 Å². The van der Waals surface area contributed by atoms with Crippen LogP contribution in [0.2, 0.25) is 0 Å². The Hall–Kier alpha value is -0.0100. The minimum absolute atomic E-state index is 0. The Bertz CT molecular complexity index is 135. The molecule has 1 aliphatic heterocycles. The molecule has 0 aromatic heterocycles. The number of unbranched alkanes of at least 4 members (excludes halogenated alkanes) is 3. The van der Waals surface area contributed by atoms with E-state index in [1.54, 1.807) is 5.57 Å². The second-order valence-electron chi connectivity index (χ2n) is 3.61. The first-order valence-electron chi connectivity index (χ1n) is 5.32. The lowest BCUT2D eigenvalue weighted by Crippen LogP contribution is -2.22. The first kappa shape index (κ1) is 13.0. The highest BCUT2D eigenvalue weighted by Crippen LogP contribution is 2.12. The van der Waals surface area contributed by atoms with Crippen LogP contribution in [0.15, 0.2) is 11.6 Å². The summed E-state index contributed by atoms with van der Waals surface area (Å²) < 4.78 is 0. The molecule has 13 heavy (non-hydrogen) atoms. The fourth-order valence-corrected chi connectivity index (χ4v) is 1.65. The number of piperidine rings is 1. The SMILES string of the molecule is CCCCCC=C1CCNCC1.Cl. The topological polar surface area (TPSA) is 12.0 Å². The van der Waals surface area contributed by atoms with Crippen molar-refractivity contribution >= 4 is 12.4 Å². The van der Waals surface area contributed by atoms with Crippen LogP contribution in [0.4, 0.5) is 0 Å². The smallest absolute Gasteiger partial charge is 0.00115 e. The number of allylic oxidation sites excluding steroid dienone is 1. The average molecular weight is 204 g/mol. The van der Waals surface area contributed by atoms with E-state index >= 15 is 0 Å². The molecule has 0 aromatic rings. The highest BCUT2D eigenvalue weighted by molar-refractivity contribution is 5.85. The quantitative estimate of drug-likeness (QED) is 0.546. The van der Waals surface area contributed by atoms with Gasteiger partial charge in [-0.15, -0.1) is 12.4 Å². The van der Waals surface area contributed by atoms with Crippen LogP contribution in [0.5, 0.6) is 0 Å². The van der Waals surface area contributed by atoms with E-state index in [1.807, 2.05) is 0 Å². The van der Waals surface area contributed by atoms with Gasteiger partial charge in [-0.1, -0.05) is 31.4 Å². The zero-order valence-electron chi connectivity index (χ0n) is 8.64. The molecule has 1 saturated heterocycles. The Morgan fingerprint density at radius 3 is 2.54 bits per heavy atom. The summed E-state index contributed by atoms with van der Waals surface area (Å²) in [6.07, 6.45) is 10.5. The highest BCUT2D eigenvalue weighted by Gasteiger charge is 2.02. The van der Waals surface area contributed by atoms with E-state index < -0.39 is 0 Å². The monoisotopic (exact) mass is 203 g/mol. The molecule has 0 unspecified atom stereocenters. The Labute approximate surface area is 88.4 Å². The summed E-state index contributed by atoms with van der Waals surface area (Å²) in [7, 11) is 0. The number of hydrogen-bond donors (Lipinski definition) is 1. The van der Waals surface area contributed by atoms with Crippen LogP contribution in [0.25, 0.3) is 0 Å². The molecule has 78 valence electrons. The van der Waals surface area contributed by atoms with Crippen LogP contribution in [0.1, 0.15) is 45.4 Å². The van der Waals surface area contributed by atoms with Gasteiger partial charge in [-0.2, -0.15) is 0 Å². The van der Waals surface area contributed by atoms with Crippen LogP contribution in [0.3, 0.4) is 0 Å². The molecule has 0 bridgehead atoms. The van der Waals surface area contributed by atoms with Gasteiger partial charge in [-0.25, -0.2) is 0 Å². The van der Waals surface area contributed by atoms with Crippen LogP contribution >= 0.6 is 12.4 Å². The fourth-order valence-electron chi connectivity index (χ4n) is 1.65. The molecule has 0 aromatic carbocycles. The van der Waals surface area contributed by atoms with Crippen molar-refractivity contribution in [3.63, 3.8) is 0 Å². The molecular formula is C11H22ClN. The zero-order chi connectivity index (χ0) is 8.65. The molecule has 1 fully saturated rings. The molecular weight excluding hydrogens is 182 g/mol. The maximum absolute atomic E-state index is 3.38. The van der Waals surface area contributed by atoms with Gasteiger partial charge in [0.25, 0.3) is 0 Å². The number of halogens is 1. The molecule has 0 spiro atoms. The molecule has 0 saturated carbocycles. The third-order valence-corrected chi connectivity index (χ3v) is 2.49. The van der Waals surface area contributed by atoms with E-state index in [4.69, 9.17) is 0 Å². The van der Waals surface area contributed by atoms with Crippen molar-refractivity contribution in [3.8, 4) is 0 Å². The average Bonchev–Trinajstić information content (AvgIpc) is 2.14. The van der Waals surface area contributed by atoms with Crippen LogP contribution < -0.4 is 5.32 Å². The van der Waals surface area contributed by atoms with Gasteiger partial charge in [0.2, 0.25) is 0 Å². The maximum Gasteiger partial charge on any atom is -0.00115 e.